The van der Waals surface area contributed by atoms with Crippen molar-refractivity contribution in [2.24, 2.45) is 5.92 Å². The number of ether oxygens (including phenoxy) is 1. The van der Waals surface area contributed by atoms with Gasteiger partial charge in [0, 0.05) is 19.2 Å². The first-order chi connectivity index (χ1) is 8.09. The third-order valence-electron chi connectivity index (χ3n) is 2.34. The maximum atomic E-state index is 12.7. The zero-order chi connectivity index (χ0) is 12.7. The molecule has 1 N–H and O–H groups in total. The van der Waals surface area contributed by atoms with Crippen molar-refractivity contribution in [1.82, 2.24) is 10.3 Å². The van der Waals surface area contributed by atoms with E-state index in [4.69, 9.17) is 4.74 Å². The minimum absolute atomic E-state index is 0.109. The molecule has 96 valence electrons. The van der Waals surface area contributed by atoms with Gasteiger partial charge in [0.2, 0.25) is 0 Å². The van der Waals surface area contributed by atoms with Crippen molar-refractivity contribution in [3.63, 3.8) is 0 Å². The molecule has 4 heteroatoms. The van der Waals surface area contributed by atoms with Crippen LogP contribution in [0.5, 0.6) is 0 Å². The molecule has 0 spiro atoms. The Morgan fingerprint density at radius 3 is 2.71 bits per heavy atom. The van der Waals surface area contributed by atoms with Gasteiger partial charge in [-0.1, -0.05) is 13.8 Å². The van der Waals surface area contributed by atoms with Crippen LogP contribution in [-0.2, 0) is 4.74 Å². The molecule has 0 aromatic carbocycles. The fraction of sp³-hybridized carbons (Fsp3) is 0.615. The quantitative estimate of drug-likeness (QED) is 0.744. The second-order valence-electron chi connectivity index (χ2n) is 4.55. The van der Waals surface area contributed by atoms with E-state index in [1.54, 1.807) is 6.07 Å². The van der Waals surface area contributed by atoms with E-state index in [0.29, 0.717) is 12.5 Å². The van der Waals surface area contributed by atoms with E-state index in [1.807, 2.05) is 6.92 Å². The van der Waals surface area contributed by atoms with Crippen LogP contribution in [0.25, 0.3) is 0 Å². The zero-order valence-electron chi connectivity index (χ0n) is 10.7. The van der Waals surface area contributed by atoms with E-state index in [9.17, 15) is 4.39 Å². The van der Waals surface area contributed by atoms with E-state index < -0.39 is 0 Å². The highest BCUT2D eigenvalue weighted by molar-refractivity contribution is 5.08. The van der Waals surface area contributed by atoms with Gasteiger partial charge in [-0.15, -0.1) is 0 Å². The van der Waals surface area contributed by atoms with Gasteiger partial charge in [-0.25, -0.2) is 4.39 Å². The lowest BCUT2D eigenvalue weighted by molar-refractivity contribution is 0.110. The first-order valence-electron chi connectivity index (χ1n) is 6.02. The van der Waals surface area contributed by atoms with Crippen molar-refractivity contribution in [3.8, 4) is 0 Å². The average Bonchev–Trinajstić information content (AvgIpc) is 2.29. The lowest BCUT2D eigenvalue weighted by Gasteiger charge is -2.13. The molecule has 0 saturated heterocycles. The van der Waals surface area contributed by atoms with Crippen LogP contribution in [0.1, 0.15) is 32.5 Å². The van der Waals surface area contributed by atoms with Gasteiger partial charge in [0.1, 0.15) is 5.82 Å². The summed E-state index contributed by atoms with van der Waals surface area (Å²) in [6, 6.07) is 3.23. The smallest absolute Gasteiger partial charge is 0.141 e. The molecule has 3 nitrogen and oxygen atoms in total. The average molecular weight is 240 g/mol. The number of nitrogens with zero attached hydrogens (tertiary/aromatic N) is 1. The molecular weight excluding hydrogens is 219 g/mol. The summed E-state index contributed by atoms with van der Waals surface area (Å²) >= 11 is 0. The Morgan fingerprint density at radius 1 is 1.35 bits per heavy atom. The molecule has 0 aliphatic rings. The molecule has 1 rings (SSSR count). The van der Waals surface area contributed by atoms with Crippen LogP contribution >= 0.6 is 0 Å². The van der Waals surface area contributed by atoms with Crippen molar-refractivity contribution >= 4 is 0 Å². The van der Waals surface area contributed by atoms with Gasteiger partial charge >= 0.3 is 0 Å². The number of hydrogen-bond acceptors (Lipinski definition) is 3. The summed E-state index contributed by atoms with van der Waals surface area (Å²) in [6.45, 7) is 8.49. The summed E-state index contributed by atoms with van der Waals surface area (Å²) in [7, 11) is 0. The van der Waals surface area contributed by atoms with Crippen LogP contribution in [-0.4, -0.2) is 24.7 Å². The molecule has 17 heavy (non-hydrogen) atoms. The van der Waals surface area contributed by atoms with Crippen LogP contribution in [0.3, 0.4) is 0 Å². The first kappa shape index (κ1) is 14.1. The summed E-state index contributed by atoms with van der Waals surface area (Å²) in [5, 5.41) is 3.28. The van der Waals surface area contributed by atoms with Crippen molar-refractivity contribution in [3.05, 3.63) is 29.8 Å². The zero-order valence-corrected chi connectivity index (χ0v) is 10.7. The number of hydrogen-bond donors (Lipinski definition) is 1. The fourth-order valence-electron chi connectivity index (χ4n) is 1.41. The van der Waals surface area contributed by atoms with Crippen LogP contribution in [0.2, 0.25) is 0 Å². The Balaban J connectivity index is 2.21. The largest absolute Gasteiger partial charge is 0.380 e. The normalized spacial score (nSPS) is 13.0. The number of nitrogens with one attached hydrogen (secondary N) is 1. The maximum Gasteiger partial charge on any atom is 0.141 e. The highest BCUT2D eigenvalue weighted by atomic mass is 19.1. The Morgan fingerprint density at radius 2 is 2.12 bits per heavy atom. The summed E-state index contributed by atoms with van der Waals surface area (Å²) in [4.78, 5) is 4.03. The van der Waals surface area contributed by atoms with Crippen molar-refractivity contribution in [2.75, 3.05) is 19.8 Å². The van der Waals surface area contributed by atoms with Gasteiger partial charge in [0.05, 0.1) is 18.5 Å². The molecule has 0 fully saturated rings. The predicted molar refractivity (Wildman–Crippen MR) is 66.3 cm³/mol. The highest BCUT2D eigenvalue weighted by Crippen LogP contribution is 2.08. The van der Waals surface area contributed by atoms with Crippen molar-refractivity contribution < 1.29 is 9.13 Å². The van der Waals surface area contributed by atoms with Gasteiger partial charge in [-0.05, 0) is 25.0 Å². The monoisotopic (exact) mass is 240 g/mol. The van der Waals surface area contributed by atoms with E-state index >= 15 is 0 Å². The first-order valence-corrected chi connectivity index (χ1v) is 6.02. The topological polar surface area (TPSA) is 34.1 Å². The lowest BCUT2D eigenvalue weighted by Crippen LogP contribution is -2.24. The minimum atomic E-state index is -0.304. The van der Waals surface area contributed by atoms with Crippen LogP contribution < -0.4 is 5.32 Å². The molecule has 1 heterocycles. The second kappa shape index (κ2) is 7.35. The number of pyridine rings is 1. The Hall–Kier alpha value is -1.00. The number of rotatable bonds is 7. The third kappa shape index (κ3) is 5.75. The third-order valence-corrected chi connectivity index (χ3v) is 2.34. The predicted octanol–water partition coefficient (Wildman–Crippen LogP) is 2.54. The van der Waals surface area contributed by atoms with E-state index in [1.165, 1.54) is 12.3 Å². The molecule has 0 saturated carbocycles. The van der Waals surface area contributed by atoms with Crippen LogP contribution in [0.4, 0.5) is 4.39 Å². The number of halogens is 1. The van der Waals surface area contributed by atoms with Gasteiger partial charge in [-0.3, -0.25) is 4.98 Å². The molecule has 1 unspecified atom stereocenters. The van der Waals surface area contributed by atoms with E-state index in [2.05, 4.69) is 24.1 Å². The SMILES string of the molecule is CC(C)COCCNC(C)c1ccc(F)cn1. The Kier molecular flexibility index (Phi) is 6.08. The van der Waals surface area contributed by atoms with Gasteiger partial charge in [0.15, 0.2) is 0 Å². The molecular formula is C13H21FN2O. The van der Waals surface area contributed by atoms with Crippen LogP contribution in [0, 0.1) is 11.7 Å². The summed E-state index contributed by atoms with van der Waals surface area (Å²) in [5.74, 6) is 0.257. The molecule has 0 aliphatic carbocycles. The summed E-state index contributed by atoms with van der Waals surface area (Å²) in [6.07, 6.45) is 1.24. The van der Waals surface area contributed by atoms with Crippen LogP contribution in [0.15, 0.2) is 18.3 Å². The number of aromatic nitrogens is 1. The van der Waals surface area contributed by atoms with Crippen molar-refractivity contribution in [1.29, 1.82) is 0 Å². The molecule has 0 radical (unpaired) electrons. The second-order valence-corrected chi connectivity index (χ2v) is 4.55. The minimum Gasteiger partial charge on any atom is -0.380 e. The van der Waals surface area contributed by atoms with E-state index in [0.717, 1.165) is 18.8 Å². The summed E-state index contributed by atoms with van der Waals surface area (Å²) < 4.78 is 18.1. The standard InChI is InChI=1S/C13H21FN2O/c1-10(2)9-17-7-6-15-11(3)13-5-4-12(14)8-16-13/h4-5,8,10-11,15H,6-7,9H2,1-3H3. The maximum absolute atomic E-state index is 12.7. The highest BCUT2D eigenvalue weighted by Gasteiger charge is 2.05. The lowest BCUT2D eigenvalue weighted by atomic mass is 10.2. The molecule has 1 atom stereocenters. The molecule has 0 amide bonds. The van der Waals surface area contributed by atoms with Gasteiger partial charge in [-0.2, -0.15) is 0 Å². The summed E-state index contributed by atoms with van der Waals surface area (Å²) in [5.41, 5.74) is 0.843. The van der Waals surface area contributed by atoms with E-state index in [-0.39, 0.29) is 11.9 Å². The molecule has 0 aliphatic heterocycles. The molecule has 1 aromatic heterocycles. The Bertz CT molecular complexity index is 314. The van der Waals surface area contributed by atoms with Crippen molar-refractivity contribution in [2.45, 2.75) is 26.8 Å². The fourth-order valence-corrected chi connectivity index (χ4v) is 1.41. The van der Waals surface area contributed by atoms with Gasteiger partial charge < -0.3 is 10.1 Å². The Labute approximate surface area is 102 Å². The van der Waals surface area contributed by atoms with Gasteiger partial charge in [0.25, 0.3) is 0 Å². The molecule has 0 bridgehead atoms. The molecule has 1 aromatic rings.